The largest absolute Gasteiger partial charge is 0.472 e. The molecular formula is C49H82O17P2. The molecule has 9 atom stereocenters. The number of unbranched alkanes of at least 4 members (excludes halogenated alkanes) is 11. The first-order valence-electron chi connectivity index (χ1n) is 24.2. The van der Waals surface area contributed by atoms with E-state index in [-0.39, 0.29) is 19.3 Å². The van der Waals surface area contributed by atoms with Gasteiger partial charge in [0.25, 0.3) is 0 Å². The Balaban J connectivity index is 2.67. The van der Waals surface area contributed by atoms with Gasteiger partial charge in [-0.3, -0.25) is 23.2 Å². The van der Waals surface area contributed by atoms with E-state index >= 15 is 0 Å². The van der Waals surface area contributed by atoms with Crippen molar-refractivity contribution >= 4 is 27.6 Å². The fourth-order valence-corrected chi connectivity index (χ4v) is 8.38. The van der Waals surface area contributed by atoms with Crippen molar-refractivity contribution in [1.82, 2.24) is 0 Å². The van der Waals surface area contributed by atoms with Crippen LogP contribution in [0.2, 0.25) is 0 Å². The third-order valence-electron chi connectivity index (χ3n) is 10.6. The molecule has 0 spiro atoms. The van der Waals surface area contributed by atoms with E-state index in [1.54, 1.807) is 24.3 Å². The summed E-state index contributed by atoms with van der Waals surface area (Å²) in [6, 6.07) is 0. The Bertz CT molecular complexity index is 1650. The van der Waals surface area contributed by atoms with Crippen LogP contribution in [0.3, 0.4) is 0 Å². The molecule has 1 rings (SSSR count). The Morgan fingerprint density at radius 2 is 1.06 bits per heavy atom. The minimum absolute atomic E-state index is 0.00207. The molecule has 0 heterocycles. The van der Waals surface area contributed by atoms with Gasteiger partial charge in [0.05, 0.1) is 12.7 Å². The lowest BCUT2D eigenvalue weighted by Crippen LogP contribution is -2.64. The van der Waals surface area contributed by atoms with Crippen molar-refractivity contribution in [3.05, 3.63) is 85.1 Å². The molecule has 8 N–H and O–H groups in total. The summed E-state index contributed by atoms with van der Waals surface area (Å²) in [4.78, 5) is 54.3. The van der Waals surface area contributed by atoms with Crippen molar-refractivity contribution in [1.29, 1.82) is 0 Å². The predicted molar refractivity (Wildman–Crippen MR) is 261 cm³/mol. The highest BCUT2D eigenvalue weighted by molar-refractivity contribution is 7.47. The van der Waals surface area contributed by atoms with Gasteiger partial charge < -0.3 is 49.7 Å². The number of phosphoric ester groups is 2. The first kappa shape index (κ1) is 63.2. The average molecular weight is 1010 g/mol. The van der Waals surface area contributed by atoms with Gasteiger partial charge in [0.1, 0.15) is 43.2 Å². The Morgan fingerprint density at radius 3 is 1.65 bits per heavy atom. The molecule has 0 bridgehead atoms. The molecule has 6 unspecified atom stereocenters. The fourth-order valence-electron chi connectivity index (χ4n) is 6.84. The van der Waals surface area contributed by atoms with Gasteiger partial charge >= 0.3 is 27.6 Å². The quantitative estimate of drug-likeness (QED) is 0.00944. The molecule has 390 valence electrons. The van der Waals surface area contributed by atoms with Gasteiger partial charge in [-0.1, -0.05) is 157 Å². The Labute approximate surface area is 404 Å². The lowest BCUT2D eigenvalue weighted by molar-refractivity contribution is -0.216. The van der Waals surface area contributed by atoms with E-state index in [4.69, 9.17) is 18.5 Å². The molecular weight excluding hydrogens is 922 g/mol. The number of phosphoric acid groups is 2. The van der Waals surface area contributed by atoms with Crippen LogP contribution in [-0.2, 0) is 41.8 Å². The first-order chi connectivity index (χ1) is 32.5. The summed E-state index contributed by atoms with van der Waals surface area (Å²) in [5.41, 5.74) is 0. The van der Waals surface area contributed by atoms with Crippen LogP contribution in [0.25, 0.3) is 0 Å². The maximum absolute atomic E-state index is 13.0. The summed E-state index contributed by atoms with van der Waals surface area (Å²) in [5.74, 6) is -1.39. The van der Waals surface area contributed by atoms with Crippen LogP contribution >= 0.6 is 15.6 Å². The molecule has 1 aliphatic rings. The fraction of sp³-hybridized carbons (Fsp3) is 0.673. The third kappa shape index (κ3) is 32.9. The topological polar surface area (TPSA) is 276 Å². The van der Waals surface area contributed by atoms with E-state index in [1.807, 2.05) is 12.2 Å². The SMILES string of the molecule is CC/C=C\C/C=C\C/C=C\C/C=C\C=C/C(O)C/C=C\CCC(=O)OC[C@H](COP(=O)(O)O[C@H]1C(O)C(O)C(O)[C@@H](OP(=O)(O)O)C1O)OC(=O)CCCCCCCCCCCCC/C=C\CC. The van der Waals surface area contributed by atoms with E-state index in [2.05, 4.69) is 67.0 Å². The molecule has 17 nitrogen and oxygen atoms in total. The Kier molecular flexibility index (Phi) is 36.1. The van der Waals surface area contributed by atoms with Crippen molar-refractivity contribution in [2.75, 3.05) is 13.2 Å². The third-order valence-corrected chi connectivity index (χ3v) is 12.1. The highest BCUT2D eigenvalue weighted by atomic mass is 31.2. The molecule has 0 radical (unpaired) electrons. The van der Waals surface area contributed by atoms with Crippen molar-refractivity contribution in [3.63, 3.8) is 0 Å². The number of aliphatic hydroxyl groups is 5. The summed E-state index contributed by atoms with van der Waals surface area (Å²) < 4.78 is 49.3. The number of hydrogen-bond donors (Lipinski definition) is 8. The highest BCUT2D eigenvalue weighted by Gasteiger charge is 2.54. The van der Waals surface area contributed by atoms with Crippen LogP contribution in [0.1, 0.15) is 149 Å². The second-order valence-corrected chi connectivity index (χ2v) is 19.2. The summed E-state index contributed by atoms with van der Waals surface area (Å²) in [6.45, 7) is 2.76. The van der Waals surface area contributed by atoms with Crippen molar-refractivity contribution in [3.8, 4) is 0 Å². The number of carbonyl (C=O) groups is 2. The van der Waals surface area contributed by atoms with E-state index in [9.17, 15) is 58.9 Å². The maximum Gasteiger partial charge on any atom is 0.472 e. The molecule has 0 aromatic rings. The number of allylic oxidation sites excluding steroid dienone is 12. The lowest BCUT2D eigenvalue weighted by Gasteiger charge is -2.43. The normalized spacial score (nSPS) is 22.4. The number of ether oxygens (including phenoxy) is 2. The molecule has 19 heteroatoms. The zero-order valence-electron chi connectivity index (χ0n) is 40.1. The number of hydrogen-bond acceptors (Lipinski definition) is 14. The second-order valence-electron chi connectivity index (χ2n) is 16.6. The highest BCUT2D eigenvalue weighted by Crippen LogP contribution is 2.49. The number of aliphatic hydroxyl groups excluding tert-OH is 5. The average Bonchev–Trinajstić information content (AvgIpc) is 3.29. The number of rotatable bonds is 39. The Hall–Kier alpha value is -2.86. The van der Waals surface area contributed by atoms with Crippen LogP contribution in [0.4, 0.5) is 0 Å². The van der Waals surface area contributed by atoms with Gasteiger partial charge in [0, 0.05) is 12.8 Å². The van der Waals surface area contributed by atoms with Gasteiger partial charge in [-0.25, -0.2) is 9.13 Å². The van der Waals surface area contributed by atoms with Crippen molar-refractivity contribution < 1.29 is 82.0 Å². The lowest BCUT2D eigenvalue weighted by atomic mass is 9.85. The molecule has 1 saturated carbocycles. The van der Waals surface area contributed by atoms with Gasteiger partial charge in [-0.05, 0) is 64.2 Å². The van der Waals surface area contributed by atoms with Crippen LogP contribution in [0, 0.1) is 0 Å². The molecule has 0 aromatic carbocycles. The van der Waals surface area contributed by atoms with E-state index in [0.29, 0.717) is 12.8 Å². The van der Waals surface area contributed by atoms with Crippen LogP contribution in [-0.4, -0.2) is 114 Å². The summed E-state index contributed by atoms with van der Waals surface area (Å²) in [7, 11) is -10.7. The van der Waals surface area contributed by atoms with E-state index in [0.717, 1.165) is 70.6 Å². The maximum atomic E-state index is 13.0. The van der Waals surface area contributed by atoms with Gasteiger partial charge in [-0.2, -0.15) is 0 Å². The molecule has 0 aromatic heterocycles. The summed E-state index contributed by atoms with van der Waals surface area (Å²) >= 11 is 0. The molecule has 0 amide bonds. The molecule has 1 fully saturated rings. The standard InChI is InChI=1S/C49H82O17P2/c1-3-5-7-9-11-13-15-17-18-20-22-24-26-28-32-37-43(52)64-41(39-63-68(60,61)66-49-46(55)44(53)45(54)48(47(49)56)65-67(57,58)59)38-62-42(51)36-33-29-31-35-40(50)34-30-27-25-23-21-19-16-14-12-10-8-6-4-2/h5-8,12,14,19,21,25,27,29-31,34,40-41,44-50,53-56H,3-4,9-11,13,15-18,20,22-24,26,28,32-33,35-39H2,1-2H3,(H,60,61)(H2,57,58,59)/b7-5-,8-6-,14-12-,21-19-,27-25-,31-29-,34-30-/t40?,41-,44?,45?,46?,47?,48-,49+/m1/s1. The molecule has 68 heavy (non-hydrogen) atoms. The summed E-state index contributed by atoms with van der Waals surface area (Å²) in [6.07, 6.45) is 29.9. The van der Waals surface area contributed by atoms with Gasteiger partial charge in [0.15, 0.2) is 6.10 Å². The minimum atomic E-state index is -5.39. The van der Waals surface area contributed by atoms with Crippen molar-refractivity contribution in [2.45, 2.75) is 198 Å². The van der Waals surface area contributed by atoms with E-state index in [1.165, 1.54) is 32.1 Å². The number of carbonyl (C=O) groups excluding carboxylic acids is 2. The Morgan fingerprint density at radius 1 is 0.544 bits per heavy atom. The van der Waals surface area contributed by atoms with Crippen LogP contribution < -0.4 is 0 Å². The van der Waals surface area contributed by atoms with Gasteiger partial charge in [0.2, 0.25) is 0 Å². The molecule has 0 aliphatic heterocycles. The smallest absolute Gasteiger partial charge is 0.462 e. The zero-order valence-corrected chi connectivity index (χ0v) is 41.9. The number of esters is 2. The van der Waals surface area contributed by atoms with Crippen LogP contribution in [0.15, 0.2) is 85.1 Å². The second kappa shape index (κ2) is 38.8. The van der Waals surface area contributed by atoms with Crippen LogP contribution in [0.5, 0.6) is 0 Å². The predicted octanol–water partition coefficient (Wildman–Crippen LogP) is 8.36. The first-order valence-corrected chi connectivity index (χ1v) is 27.3. The zero-order chi connectivity index (χ0) is 50.5. The van der Waals surface area contributed by atoms with Gasteiger partial charge in [-0.15, -0.1) is 0 Å². The van der Waals surface area contributed by atoms with E-state index < -0.39 is 89.6 Å². The minimum Gasteiger partial charge on any atom is -0.462 e. The molecule has 0 saturated heterocycles. The molecule has 1 aliphatic carbocycles. The monoisotopic (exact) mass is 1000 g/mol. The van der Waals surface area contributed by atoms with Crippen molar-refractivity contribution in [2.24, 2.45) is 0 Å². The summed E-state index contributed by atoms with van der Waals surface area (Å²) in [5, 5.41) is 51.5.